The number of amides is 1. The Bertz CT molecular complexity index is 408. The van der Waals surface area contributed by atoms with Crippen LogP contribution in [-0.2, 0) is 0 Å². The summed E-state index contributed by atoms with van der Waals surface area (Å²) in [5, 5.41) is 3.60. The van der Waals surface area contributed by atoms with Crippen LogP contribution in [0.2, 0.25) is 5.02 Å². The number of nitrogens with one attached hydrogen (secondary N) is 1. The van der Waals surface area contributed by atoms with Crippen LogP contribution in [0.1, 0.15) is 30.6 Å². The van der Waals surface area contributed by atoms with Crippen LogP contribution in [0, 0.1) is 0 Å². The minimum Gasteiger partial charge on any atom is -0.493 e. The molecule has 1 rings (SSSR count). The average Bonchev–Trinajstić information content (AvgIpc) is 2.27. The van der Waals surface area contributed by atoms with E-state index < -0.39 is 5.91 Å². The summed E-state index contributed by atoms with van der Waals surface area (Å²) < 4.78 is 5.54. The molecule has 0 saturated carbocycles. The zero-order valence-electron chi connectivity index (χ0n) is 10.7. The molecular weight excluding hydrogens is 252 g/mol. The van der Waals surface area contributed by atoms with Crippen molar-refractivity contribution in [2.75, 3.05) is 13.2 Å². The van der Waals surface area contributed by atoms with Gasteiger partial charge in [0.15, 0.2) is 0 Å². The number of rotatable bonds is 7. The molecule has 3 N–H and O–H groups in total. The average molecular weight is 271 g/mol. The molecule has 0 aliphatic carbocycles. The van der Waals surface area contributed by atoms with Gasteiger partial charge in [-0.2, -0.15) is 0 Å². The maximum Gasteiger partial charge on any atom is 0.253 e. The van der Waals surface area contributed by atoms with E-state index in [0.717, 1.165) is 13.0 Å². The SMILES string of the molecule is CC(C)NCCCOc1cccc(Cl)c1C(N)=O. The largest absolute Gasteiger partial charge is 0.493 e. The van der Waals surface area contributed by atoms with Crippen molar-refractivity contribution in [2.24, 2.45) is 5.73 Å². The van der Waals surface area contributed by atoms with Gasteiger partial charge in [-0.05, 0) is 25.1 Å². The normalized spacial score (nSPS) is 10.7. The van der Waals surface area contributed by atoms with Crippen LogP contribution in [0.4, 0.5) is 0 Å². The quantitative estimate of drug-likeness (QED) is 0.747. The van der Waals surface area contributed by atoms with Gasteiger partial charge in [-0.1, -0.05) is 31.5 Å². The number of hydrogen-bond donors (Lipinski definition) is 2. The summed E-state index contributed by atoms with van der Waals surface area (Å²) >= 11 is 5.91. The molecule has 0 spiro atoms. The highest BCUT2D eigenvalue weighted by Crippen LogP contribution is 2.25. The molecule has 0 radical (unpaired) electrons. The van der Waals surface area contributed by atoms with Gasteiger partial charge in [0.25, 0.3) is 5.91 Å². The van der Waals surface area contributed by atoms with Crippen molar-refractivity contribution < 1.29 is 9.53 Å². The number of nitrogens with two attached hydrogens (primary N) is 1. The molecule has 0 heterocycles. The molecule has 0 atom stereocenters. The van der Waals surface area contributed by atoms with Gasteiger partial charge in [-0.25, -0.2) is 0 Å². The number of carbonyl (C=O) groups is 1. The van der Waals surface area contributed by atoms with Crippen LogP contribution in [0.15, 0.2) is 18.2 Å². The molecule has 18 heavy (non-hydrogen) atoms. The Kier molecular flexibility index (Phi) is 5.95. The molecule has 0 saturated heterocycles. The van der Waals surface area contributed by atoms with E-state index in [9.17, 15) is 4.79 Å². The van der Waals surface area contributed by atoms with Crippen LogP contribution in [0.3, 0.4) is 0 Å². The summed E-state index contributed by atoms with van der Waals surface area (Å²) in [7, 11) is 0. The summed E-state index contributed by atoms with van der Waals surface area (Å²) in [6.07, 6.45) is 0.850. The first-order valence-corrected chi connectivity index (χ1v) is 6.34. The Morgan fingerprint density at radius 1 is 1.50 bits per heavy atom. The molecule has 1 aromatic carbocycles. The second kappa shape index (κ2) is 7.24. The zero-order chi connectivity index (χ0) is 13.5. The van der Waals surface area contributed by atoms with Crippen molar-refractivity contribution in [3.63, 3.8) is 0 Å². The molecule has 1 amide bonds. The maximum absolute atomic E-state index is 11.3. The smallest absolute Gasteiger partial charge is 0.253 e. The molecule has 0 aromatic heterocycles. The van der Waals surface area contributed by atoms with Gasteiger partial charge in [-0.15, -0.1) is 0 Å². The van der Waals surface area contributed by atoms with E-state index in [0.29, 0.717) is 23.4 Å². The Labute approximate surface area is 112 Å². The fourth-order valence-electron chi connectivity index (χ4n) is 1.51. The van der Waals surface area contributed by atoms with E-state index in [1.54, 1.807) is 18.2 Å². The number of ether oxygens (including phenoxy) is 1. The zero-order valence-corrected chi connectivity index (χ0v) is 11.5. The number of benzene rings is 1. The molecule has 0 fully saturated rings. The van der Waals surface area contributed by atoms with Gasteiger partial charge in [-0.3, -0.25) is 4.79 Å². The number of primary amides is 1. The van der Waals surface area contributed by atoms with E-state index in [2.05, 4.69) is 19.2 Å². The monoisotopic (exact) mass is 270 g/mol. The minimum absolute atomic E-state index is 0.246. The second-order valence-corrected chi connectivity index (χ2v) is 4.70. The van der Waals surface area contributed by atoms with E-state index in [-0.39, 0.29) is 5.56 Å². The highest BCUT2D eigenvalue weighted by molar-refractivity contribution is 6.34. The standard InChI is InChI=1S/C13H19ClN2O2/c1-9(2)16-7-4-8-18-11-6-3-5-10(14)12(11)13(15)17/h3,5-6,9,16H,4,7-8H2,1-2H3,(H2,15,17). The lowest BCUT2D eigenvalue weighted by Gasteiger charge is -2.11. The first-order chi connectivity index (χ1) is 8.52. The van der Waals surface area contributed by atoms with Gasteiger partial charge in [0.05, 0.1) is 17.2 Å². The lowest BCUT2D eigenvalue weighted by atomic mass is 10.2. The van der Waals surface area contributed by atoms with E-state index in [4.69, 9.17) is 22.1 Å². The first kappa shape index (κ1) is 14.8. The summed E-state index contributed by atoms with van der Waals surface area (Å²) in [6, 6.07) is 5.50. The second-order valence-electron chi connectivity index (χ2n) is 4.29. The topological polar surface area (TPSA) is 64.3 Å². The summed E-state index contributed by atoms with van der Waals surface area (Å²) in [5.41, 5.74) is 5.52. The molecular formula is C13H19ClN2O2. The third-order valence-electron chi connectivity index (χ3n) is 2.35. The predicted octanol–water partition coefficient (Wildman–Crippen LogP) is 2.21. The van der Waals surface area contributed by atoms with Crippen LogP contribution < -0.4 is 15.8 Å². The lowest BCUT2D eigenvalue weighted by Crippen LogP contribution is -2.25. The Balaban J connectivity index is 2.52. The van der Waals surface area contributed by atoms with Gasteiger partial charge in [0, 0.05) is 6.04 Å². The van der Waals surface area contributed by atoms with E-state index in [1.807, 2.05) is 0 Å². The molecule has 0 bridgehead atoms. The number of hydrogen-bond acceptors (Lipinski definition) is 3. The van der Waals surface area contributed by atoms with E-state index in [1.165, 1.54) is 0 Å². The summed E-state index contributed by atoms with van der Waals surface area (Å²) in [6.45, 7) is 5.55. The fourth-order valence-corrected chi connectivity index (χ4v) is 1.77. The number of halogens is 1. The number of carbonyl (C=O) groups excluding carboxylic acids is 1. The highest BCUT2D eigenvalue weighted by Gasteiger charge is 2.13. The van der Waals surface area contributed by atoms with Crippen LogP contribution in [0.25, 0.3) is 0 Å². The minimum atomic E-state index is -0.573. The highest BCUT2D eigenvalue weighted by atomic mass is 35.5. The molecule has 4 nitrogen and oxygen atoms in total. The van der Waals surface area contributed by atoms with E-state index >= 15 is 0 Å². The Morgan fingerprint density at radius 3 is 2.83 bits per heavy atom. The lowest BCUT2D eigenvalue weighted by molar-refractivity contribution is 0.0996. The van der Waals surface area contributed by atoms with Crippen molar-refractivity contribution in [1.82, 2.24) is 5.32 Å². The van der Waals surface area contributed by atoms with Crippen molar-refractivity contribution in [1.29, 1.82) is 0 Å². The van der Waals surface area contributed by atoms with Gasteiger partial charge in [0.1, 0.15) is 5.75 Å². The van der Waals surface area contributed by atoms with Crippen LogP contribution >= 0.6 is 11.6 Å². The predicted molar refractivity (Wildman–Crippen MR) is 73.2 cm³/mol. The molecule has 0 unspecified atom stereocenters. The van der Waals surface area contributed by atoms with Gasteiger partial charge < -0.3 is 15.8 Å². The third-order valence-corrected chi connectivity index (χ3v) is 2.67. The van der Waals surface area contributed by atoms with Crippen molar-refractivity contribution >= 4 is 17.5 Å². The molecule has 0 aliphatic rings. The third kappa shape index (κ3) is 4.55. The first-order valence-electron chi connectivity index (χ1n) is 5.97. The van der Waals surface area contributed by atoms with Gasteiger partial charge >= 0.3 is 0 Å². The molecule has 5 heteroatoms. The Morgan fingerprint density at radius 2 is 2.22 bits per heavy atom. The van der Waals surface area contributed by atoms with Gasteiger partial charge in [0.2, 0.25) is 0 Å². The summed E-state index contributed by atoms with van der Waals surface area (Å²) in [5.74, 6) is -0.129. The summed E-state index contributed by atoms with van der Waals surface area (Å²) in [4.78, 5) is 11.3. The fraction of sp³-hybridized carbons (Fsp3) is 0.462. The molecule has 0 aliphatic heterocycles. The van der Waals surface area contributed by atoms with Crippen LogP contribution in [-0.4, -0.2) is 25.1 Å². The maximum atomic E-state index is 11.3. The van der Waals surface area contributed by atoms with Crippen molar-refractivity contribution in [2.45, 2.75) is 26.3 Å². The van der Waals surface area contributed by atoms with Crippen molar-refractivity contribution in [3.05, 3.63) is 28.8 Å². The Hall–Kier alpha value is -1.26. The van der Waals surface area contributed by atoms with Crippen molar-refractivity contribution in [3.8, 4) is 5.75 Å². The van der Waals surface area contributed by atoms with Crippen LogP contribution in [0.5, 0.6) is 5.75 Å². The molecule has 1 aromatic rings. The molecule has 100 valence electrons.